The molecule has 0 saturated carbocycles. The van der Waals surface area contributed by atoms with E-state index in [1.54, 1.807) is 7.11 Å². The molecular formula is C94H89BrN4O6. The van der Waals surface area contributed by atoms with Gasteiger partial charge in [-0.15, -0.1) is 0 Å². The number of ether oxygens (including phenoxy) is 2. The lowest BCUT2D eigenvalue weighted by Gasteiger charge is -2.34. The zero-order valence-corrected chi connectivity index (χ0v) is 61.5. The zero-order chi connectivity index (χ0) is 72.0. The van der Waals surface area contributed by atoms with Gasteiger partial charge in [0.1, 0.15) is 13.2 Å². The van der Waals surface area contributed by atoms with Crippen LogP contribution in [0.3, 0.4) is 0 Å². The second-order valence-electron chi connectivity index (χ2n) is 28.2. The van der Waals surface area contributed by atoms with Crippen molar-refractivity contribution in [1.82, 2.24) is 0 Å². The Kier molecular flexibility index (Phi) is 22.8. The summed E-state index contributed by atoms with van der Waals surface area (Å²) in [6.45, 7) is 2.96. The summed E-state index contributed by atoms with van der Waals surface area (Å²) in [5.41, 5.74) is 29.0. The van der Waals surface area contributed by atoms with Crippen molar-refractivity contribution < 1.29 is 29.6 Å². The van der Waals surface area contributed by atoms with Crippen LogP contribution in [0.5, 0.6) is 0 Å². The van der Waals surface area contributed by atoms with Crippen molar-refractivity contribution in [3.05, 3.63) is 390 Å². The standard InChI is InChI=1S/C25H27NO2.C25H21NO.C19H19NO2.C18H15NO.C7H7Br/c1-3-4-5-10-15-28-26-24-22-14-9-8-11-19(22)16-23(24)25(27-2)17-20-12-6-7-13-21(20)18-25;1-2-8-18(9-3-1)17-27-26-25-23-13-7-6-12-21(23)16-24(25)22-14-19-10-4-5-11-20(19)15-22;1-22-19(11-14-7-2-3-8-15(14)12-19)17-10-13-6-4-5-9-16(13)18(17)20-21;20-19-18-16-8-4-3-7-14(16)11-17(18)15-9-12-5-1-2-6-13(12)10-15;8-6-7-4-2-1-3-5-7/h3-14,23H,15-18H2,1-2H3;1-14,24H,15-17H2;2-9,17,21H,10-12H2,1H3;1-9,17,20H,10-11H2;1-5H,6H2/b4-3-,10-5+,26-24+;;20-18+;;. The number of methoxy groups -OCH3 is 2. The monoisotopic (exact) mass is 1450 g/mol. The lowest BCUT2D eigenvalue weighted by atomic mass is 9.81. The van der Waals surface area contributed by atoms with Crippen LogP contribution in [0.25, 0.3) is 12.2 Å². The smallest absolute Gasteiger partial charge is 0.142 e. The molecule has 4 unspecified atom stereocenters. The highest BCUT2D eigenvalue weighted by atomic mass is 79.9. The average Bonchev–Trinajstić information content (AvgIpc) is 1.60. The molecule has 0 spiro atoms. The van der Waals surface area contributed by atoms with Crippen LogP contribution in [0.2, 0.25) is 0 Å². The third kappa shape index (κ3) is 15.6. The quantitative estimate of drug-likeness (QED) is 0.0367. The molecule has 528 valence electrons. The fourth-order valence-electron chi connectivity index (χ4n) is 16.8. The van der Waals surface area contributed by atoms with Crippen molar-refractivity contribution >= 4 is 50.9 Å². The van der Waals surface area contributed by atoms with E-state index in [2.05, 4.69) is 231 Å². The lowest BCUT2D eigenvalue weighted by molar-refractivity contribution is -0.0289. The van der Waals surface area contributed by atoms with E-state index in [1.807, 2.05) is 111 Å². The van der Waals surface area contributed by atoms with E-state index in [-0.39, 0.29) is 29.0 Å². The van der Waals surface area contributed by atoms with Gasteiger partial charge in [-0.05, 0) is 129 Å². The normalized spacial score (nSPS) is 20.3. The molecule has 0 bridgehead atoms. The minimum atomic E-state index is -0.315. The summed E-state index contributed by atoms with van der Waals surface area (Å²) in [5.74, 6) is 0.782. The number of hydrogen-bond acceptors (Lipinski definition) is 10. The highest BCUT2D eigenvalue weighted by Gasteiger charge is 2.51. The van der Waals surface area contributed by atoms with E-state index in [0.717, 1.165) is 109 Å². The fourth-order valence-corrected chi connectivity index (χ4v) is 17.2. The molecule has 0 heterocycles. The van der Waals surface area contributed by atoms with Crippen molar-refractivity contribution in [2.45, 2.75) is 94.3 Å². The van der Waals surface area contributed by atoms with Gasteiger partial charge in [0.05, 0.1) is 34.0 Å². The molecule has 0 aliphatic heterocycles. The number of allylic oxidation sites excluding steroid dienone is 5. The Hall–Kier alpha value is -10.6. The van der Waals surface area contributed by atoms with Crippen LogP contribution in [0.4, 0.5) is 0 Å². The van der Waals surface area contributed by atoms with Gasteiger partial charge < -0.3 is 29.6 Å². The van der Waals surface area contributed by atoms with Gasteiger partial charge in [-0.2, -0.15) is 0 Å². The van der Waals surface area contributed by atoms with Gasteiger partial charge in [-0.3, -0.25) is 0 Å². The van der Waals surface area contributed by atoms with Crippen molar-refractivity contribution in [2.75, 3.05) is 20.8 Å². The molecule has 18 rings (SSSR count). The van der Waals surface area contributed by atoms with Crippen LogP contribution in [0.1, 0.15) is 107 Å². The first kappa shape index (κ1) is 71.4. The number of halogens is 1. The molecule has 0 aromatic heterocycles. The molecule has 10 aromatic rings. The zero-order valence-electron chi connectivity index (χ0n) is 59.9. The molecule has 10 nitrogen and oxygen atoms in total. The number of benzene rings is 10. The molecule has 8 aliphatic carbocycles. The number of hydrogen-bond donors (Lipinski definition) is 2. The summed E-state index contributed by atoms with van der Waals surface area (Å²) < 4.78 is 12.3. The number of rotatable bonds is 14. The Morgan fingerprint density at radius 3 is 1.18 bits per heavy atom. The van der Waals surface area contributed by atoms with Crippen molar-refractivity contribution in [1.29, 1.82) is 0 Å². The lowest BCUT2D eigenvalue weighted by Crippen LogP contribution is -2.44. The second-order valence-corrected chi connectivity index (χ2v) is 28.7. The molecule has 11 heteroatoms. The summed E-state index contributed by atoms with van der Waals surface area (Å²) in [6.07, 6.45) is 21.8. The van der Waals surface area contributed by atoms with Crippen LogP contribution >= 0.6 is 15.9 Å². The van der Waals surface area contributed by atoms with Crippen LogP contribution in [-0.2, 0) is 95.3 Å². The number of nitrogens with zero attached hydrogens (tertiary/aromatic N) is 4. The van der Waals surface area contributed by atoms with E-state index in [0.29, 0.717) is 19.1 Å². The van der Waals surface area contributed by atoms with Gasteiger partial charge in [0.15, 0.2) is 0 Å². The van der Waals surface area contributed by atoms with Gasteiger partial charge in [0.25, 0.3) is 0 Å². The van der Waals surface area contributed by atoms with Crippen molar-refractivity contribution in [3.8, 4) is 0 Å². The topological polar surface area (TPSA) is 127 Å². The fraction of sp³-hybridized carbons (Fsp3) is 0.234. The van der Waals surface area contributed by atoms with Gasteiger partial charge in [0, 0.05) is 91.2 Å². The van der Waals surface area contributed by atoms with Crippen LogP contribution in [0, 0.1) is 23.7 Å². The molecule has 4 atom stereocenters. The second kappa shape index (κ2) is 33.5. The predicted octanol–water partition coefficient (Wildman–Crippen LogP) is 19.8. The summed E-state index contributed by atoms with van der Waals surface area (Å²) in [7, 11) is 3.62. The molecule has 2 N–H and O–H groups in total. The van der Waals surface area contributed by atoms with E-state index in [4.69, 9.17) is 19.1 Å². The van der Waals surface area contributed by atoms with Gasteiger partial charge in [-0.1, -0.05) is 333 Å². The highest BCUT2D eigenvalue weighted by Crippen LogP contribution is 2.47. The minimum absolute atomic E-state index is 0.0901. The predicted molar refractivity (Wildman–Crippen MR) is 428 cm³/mol. The number of oxime groups is 4. The minimum Gasteiger partial charge on any atom is -0.411 e. The van der Waals surface area contributed by atoms with Gasteiger partial charge in [0.2, 0.25) is 0 Å². The van der Waals surface area contributed by atoms with E-state index in [9.17, 15) is 10.4 Å². The largest absolute Gasteiger partial charge is 0.411 e. The van der Waals surface area contributed by atoms with Crippen LogP contribution in [-0.4, -0.2) is 65.3 Å². The average molecular weight is 1450 g/mol. The van der Waals surface area contributed by atoms with E-state index in [1.165, 1.54) is 94.6 Å². The molecular weight excluding hydrogens is 1360 g/mol. The maximum absolute atomic E-state index is 9.60. The Bertz CT molecular complexity index is 4920. The molecule has 0 amide bonds. The van der Waals surface area contributed by atoms with Crippen molar-refractivity contribution in [3.63, 3.8) is 0 Å². The summed E-state index contributed by atoms with van der Waals surface area (Å²) in [6, 6.07) is 88.3. The summed E-state index contributed by atoms with van der Waals surface area (Å²) in [5, 5.41) is 36.4. The van der Waals surface area contributed by atoms with Gasteiger partial charge >= 0.3 is 0 Å². The number of alkyl halides is 1. The Morgan fingerprint density at radius 2 is 0.752 bits per heavy atom. The highest BCUT2D eigenvalue weighted by molar-refractivity contribution is 9.08. The van der Waals surface area contributed by atoms with Gasteiger partial charge in [-0.25, -0.2) is 0 Å². The molecule has 0 saturated heterocycles. The van der Waals surface area contributed by atoms with E-state index >= 15 is 0 Å². The van der Waals surface area contributed by atoms with E-state index < -0.39 is 0 Å². The first-order valence-corrected chi connectivity index (χ1v) is 37.7. The molecule has 0 radical (unpaired) electrons. The number of fused-ring (bicyclic) bond motifs is 8. The Labute approximate surface area is 626 Å². The molecule has 0 fully saturated rings. The maximum atomic E-state index is 9.60. The summed E-state index contributed by atoms with van der Waals surface area (Å²) in [4.78, 5) is 11.5. The third-order valence-electron chi connectivity index (χ3n) is 22.2. The first-order valence-electron chi connectivity index (χ1n) is 36.6. The molecule has 105 heavy (non-hydrogen) atoms. The Morgan fingerprint density at radius 1 is 0.390 bits per heavy atom. The SMILES string of the molecule is BrCc1ccccc1.C/C=C\C=C\CO/N=C1\c2ccccc2CC1C1(OC)Cc2ccccc2C1.C1=C(C2Cc3ccccc3C2=NOCc2ccccc2)Cc2ccccc21.COC1(C2Cc3ccccc3/C2=N\O)Cc2ccccc2C1.ON=C1c2ccccc2CC1C1=Cc2ccccc2C1. The van der Waals surface area contributed by atoms with Crippen LogP contribution < -0.4 is 0 Å². The summed E-state index contributed by atoms with van der Waals surface area (Å²) >= 11 is 3.36. The van der Waals surface area contributed by atoms with Crippen molar-refractivity contribution in [2.24, 2.45) is 44.3 Å². The molecule has 10 aromatic carbocycles. The Balaban J connectivity index is 0.000000114. The molecule has 8 aliphatic rings. The maximum Gasteiger partial charge on any atom is 0.142 e. The third-order valence-corrected chi connectivity index (χ3v) is 22.8. The van der Waals surface area contributed by atoms with Crippen LogP contribution in [0.15, 0.2) is 311 Å². The first-order chi connectivity index (χ1) is 51.7.